The van der Waals surface area contributed by atoms with Crippen LogP contribution in [-0.4, -0.2) is 35.9 Å². The van der Waals surface area contributed by atoms with Crippen LogP contribution in [0.4, 0.5) is 20.6 Å². The van der Waals surface area contributed by atoms with Crippen LogP contribution < -0.4 is 21.0 Å². The first-order valence-corrected chi connectivity index (χ1v) is 9.48. The molecule has 11 heteroatoms. The summed E-state index contributed by atoms with van der Waals surface area (Å²) in [5.74, 6) is -5.17. The Morgan fingerprint density at radius 1 is 1.12 bits per heavy atom. The lowest BCUT2D eigenvalue weighted by molar-refractivity contribution is -0.131. The SMILES string of the molecule is CCC(=O)Nc1ccc(C(=O)N/N=C\[C@@H]2C(=O)NC(=O)N(c3ccccc3F)C2=O)cc1. The third kappa shape index (κ3) is 4.83. The van der Waals surface area contributed by atoms with Crippen LogP contribution in [0.2, 0.25) is 0 Å². The molecule has 1 aliphatic heterocycles. The molecule has 1 aliphatic rings. The van der Waals surface area contributed by atoms with Crippen molar-refractivity contribution in [3.63, 3.8) is 0 Å². The molecule has 0 saturated carbocycles. The van der Waals surface area contributed by atoms with E-state index in [0.29, 0.717) is 17.0 Å². The number of hydrazone groups is 1. The predicted octanol–water partition coefficient (Wildman–Crippen LogP) is 1.79. The second kappa shape index (κ2) is 9.60. The third-order valence-corrected chi connectivity index (χ3v) is 4.44. The standard InChI is InChI=1S/C21H18FN5O5/c1-2-17(28)24-13-9-7-12(8-10-13)18(29)26-23-11-14-19(30)25-21(32)27(20(14)31)16-6-4-3-5-15(16)22/h3-11,14H,2H2,1H3,(H,24,28)(H,26,29)(H,25,30,32)/b23-11-/t14-/m1/s1. The highest BCUT2D eigenvalue weighted by Gasteiger charge is 2.41. The Morgan fingerprint density at radius 2 is 1.81 bits per heavy atom. The van der Waals surface area contributed by atoms with Crippen LogP contribution in [0.1, 0.15) is 23.7 Å². The predicted molar refractivity (Wildman–Crippen MR) is 112 cm³/mol. The van der Waals surface area contributed by atoms with Gasteiger partial charge < -0.3 is 5.32 Å². The first-order valence-electron chi connectivity index (χ1n) is 9.48. The van der Waals surface area contributed by atoms with E-state index in [0.717, 1.165) is 12.3 Å². The molecule has 164 valence electrons. The van der Waals surface area contributed by atoms with E-state index in [-0.39, 0.29) is 17.2 Å². The quantitative estimate of drug-likeness (QED) is 0.358. The summed E-state index contributed by atoms with van der Waals surface area (Å²) in [7, 11) is 0. The maximum Gasteiger partial charge on any atom is 0.335 e. The summed E-state index contributed by atoms with van der Waals surface area (Å²) in [6.45, 7) is 1.71. The van der Waals surface area contributed by atoms with Crippen LogP contribution in [0, 0.1) is 11.7 Å². The molecule has 0 radical (unpaired) electrons. The smallest absolute Gasteiger partial charge is 0.326 e. The summed E-state index contributed by atoms with van der Waals surface area (Å²) < 4.78 is 14.0. The number of hydrogen-bond donors (Lipinski definition) is 3. The molecular formula is C21H18FN5O5. The largest absolute Gasteiger partial charge is 0.335 e. The second-order valence-electron chi connectivity index (χ2n) is 6.60. The van der Waals surface area contributed by atoms with Gasteiger partial charge in [-0.15, -0.1) is 0 Å². The number of carbonyl (C=O) groups is 5. The number of nitrogens with one attached hydrogen (secondary N) is 3. The van der Waals surface area contributed by atoms with Crippen LogP contribution in [0.15, 0.2) is 53.6 Å². The van der Waals surface area contributed by atoms with E-state index >= 15 is 0 Å². The van der Waals surface area contributed by atoms with Gasteiger partial charge in [-0.2, -0.15) is 5.10 Å². The number of imide groups is 2. The van der Waals surface area contributed by atoms with Crippen LogP contribution in [0.3, 0.4) is 0 Å². The molecule has 2 aromatic rings. The Morgan fingerprint density at radius 3 is 2.47 bits per heavy atom. The summed E-state index contributed by atoms with van der Waals surface area (Å²) in [6, 6.07) is 9.96. The molecule has 32 heavy (non-hydrogen) atoms. The number of para-hydroxylation sites is 1. The summed E-state index contributed by atoms with van der Waals surface area (Å²) >= 11 is 0. The Hall–Kier alpha value is -4.41. The summed E-state index contributed by atoms with van der Waals surface area (Å²) in [6.07, 6.45) is 1.16. The van der Waals surface area contributed by atoms with E-state index in [1.807, 2.05) is 5.32 Å². The zero-order valence-electron chi connectivity index (χ0n) is 16.8. The third-order valence-electron chi connectivity index (χ3n) is 4.44. The van der Waals surface area contributed by atoms with Crippen molar-refractivity contribution >= 4 is 47.2 Å². The highest BCUT2D eigenvalue weighted by atomic mass is 19.1. The lowest BCUT2D eigenvalue weighted by atomic mass is 10.1. The monoisotopic (exact) mass is 439 g/mol. The Balaban J connectivity index is 1.68. The Bertz CT molecular complexity index is 1120. The highest BCUT2D eigenvalue weighted by Crippen LogP contribution is 2.23. The molecule has 6 amide bonds. The highest BCUT2D eigenvalue weighted by molar-refractivity contribution is 6.32. The summed E-state index contributed by atoms with van der Waals surface area (Å²) in [5.41, 5.74) is 2.57. The topological polar surface area (TPSA) is 137 Å². The fourth-order valence-corrected chi connectivity index (χ4v) is 2.77. The summed E-state index contributed by atoms with van der Waals surface area (Å²) in [4.78, 5) is 60.8. The molecule has 3 N–H and O–H groups in total. The molecule has 1 saturated heterocycles. The van der Waals surface area contributed by atoms with Gasteiger partial charge >= 0.3 is 6.03 Å². The number of halogens is 1. The molecule has 1 heterocycles. The average Bonchev–Trinajstić information content (AvgIpc) is 2.77. The van der Waals surface area contributed by atoms with Crippen LogP contribution in [0.5, 0.6) is 0 Å². The zero-order chi connectivity index (χ0) is 23.3. The van der Waals surface area contributed by atoms with Crippen molar-refractivity contribution in [1.29, 1.82) is 0 Å². The zero-order valence-corrected chi connectivity index (χ0v) is 16.8. The maximum absolute atomic E-state index is 14.0. The fourth-order valence-electron chi connectivity index (χ4n) is 2.77. The van der Waals surface area contributed by atoms with Crippen molar-refractivity contribution in [2.24, 2.45) is 11.0 Å². The van der Waals surface area contributed by atoms with E-state index < -0.39 is 35.5 Å². The van der Waals surface area contributed by atoms with E-state index in [1.54, 1.807) is 6.92 Å². The fraction of sp³-hybridized carbons (Fsp3) is 0.143. The second-order valence-corrected chi connectivity index (χ2v) is 6.60. The molecular weight excluding hydrogens is 421 g/mol. The van der Waals surface area contributed by atoms with Gasteiger partial charge in [-0.1, -0.05) is 19.1 Å². The van der Waals surface area contributed by atoms with Gasteiger partial charge in [-0.25, -0.2) is 19.5 Å². The first-order chi connectivity index (χ1) is 15.3. The van der Waals surface area contributed by atoms with Crippen molar-refractivity contribution in [2.45, 2.75) is 13.3 Å². The number of carbonyl (C=O) groups excluding carboxylic acids is 5. The Labute approximate surface area is 181 Å². The van der Waals surface area contributed by atoms with Crippen LogP contribution >= 0.6 is 0 Å². The normalized spacial score (nSPS) is 16.1. The Kier molecular flexibility index (Phi) is 6.68. The minimum absolute atomic E-state index is 0.176. The van der Waals surface area contributed by atoms with Gasteiger partial charge in [0.2, 0.25) is 11.8 Å². The van der Waals surface area contributed by atoms with Gasteiger partial charge in [0.15, 0.2) is 5.92 Å². The number of hydrogen-bond acceptors (Lipinski definition) is 6. The number of nitrogens with zero attached hydrogens (tertiary/aromatic N) is 2. The van der Waals surface area contributed by atoms with Crippen molar-refractivity contribution in [3.8, 4) is 0 Å². The number of barbiturate groups is 1. The van der Waals surface area contributed by atoms with Crippen molar-refractivity contribution < 1.29 is 28.4 Å². The number of urea groups is 1. The molecule has 0 aliphatic carbocycles. The number of benzene rings is 2. The molecule has 0 aromatic heterocycles. The van der Waals surface area contributed by atoms with E-state index in [4.69, 9.17) is 0 Å². The number of amides is 6. The maximum atomic E-state index is 14.0. The molecule has 10 nitrogen and oxygen atoms in total. The van der Waals surface area contributed by atoms with Crippen molar-refractivity contribution in [1.82, 2.24) is 10.7 Å². The van der Waals surface area contributed by atoms with Gasteiger partial charge in [0.1, 0.15) is 5.82 Å². The van der Waals surface area contributed by atoms with Crippen LogP contribution in [-0.2, 0) is 14.4 Å². The average molecular weight is 439 g/mol. The molecule has 2 aromatic carbocycles. The molecule has 1 fully saturated rings. The van der Waals surface area contributed by atoms with Crippen LogP contribution in [0.25, 0.3) is 0 Å². The van der Waals surface area contributed by atoms with Gasteiger partial charge in [0, 0.05) is 23.9 Å². The van der Waals surface area contributed by atoms with Crippen molar-refractivity contribution in [3.05, 3.63) is 59.9 Å². The lowest BCUT2D eigenvalue weighted by Gasteiger charge is -2.28. The molecule has 3 rings (SSSR count). The first kappa shape index (κ1) is 22.3. The van der Waals surface area contributed by atoms with Crippen molar-refractivity contribution in [2.75, 3.05) is 10.2 Å². The van der Waals surface area contributed by atoms with Gasteiger partial charge in [0.25, 0.3) is 11.8 Å². The molecule has 0 unspecified atom stereocenters. The number of rotatable bonds is 6. The molecule has 0 bridgehead atoms. The van der Waals surface area contributed by atoms with Gasteiger partial charge in [0.05, 0.1) is 5.69 Å². The van der Waals surface area contributed by atoms with Gasteiger partial charge in [-0.05, 0) is 36.4 Å². The van der Waals surface area contributed by atoms with E-state index in [9.17, 15) is 28.4 Å². The molecule has 1 atom stereocenters. The van der Waals surface area contributed by atoms with Gasteiger partial charge in [-0.3, -0.25) is 24.5 Å². The number of anilines is 2. The van der Waals surface area contributed by atoms with E-state index in [1.165, 1.54) is 42.5 Å². The molecule has 0 spiro atoms. The lowest BCUT2D eigenvalue weighted by Crippen LogP contribution is -2.59. The summed E-state index contributed by atoms with van der Waals surface area (Å²) in [5, 5.41) is 8.22. The minimum atomic E-state index is -1.56. The van der Waals surface area contributed by atoms with E-state index in [2.05, 4.69) is 15.8 Å². The minimum Gasteiger partial charge on any atom is -0.326 e.